The molecule has 92 valence electrons. The molecule has 18 heavy (non-hydrogen) atoms. The Hall–Kier alpha value is -1.80. The van der Waals surface area contributed by atoms with E-state index < -0.39 is 0 Å². The van der Waals surface area contributed by atoms with Crippen LogP contribution in [0, 0.1) is 0 Å². The van der Waals surface area contributed by atoms with Gasteiger partial charge in [0.15, 0.2) is 0 Å². The molecule has 0 spiro atoms. The molecular weight excluding hydrogens is 220 g/mol. The summed E-state index contributed by atoms with van der Waals surface area (Å²) in [6.07, 6.45) is 1.04. The second-order valence-electron chi connectivity index (χ2n) is 5.08. The lowest BCUT2D eigenvalue weighted by atomic mass is 9.96. The number of anilines is 2. The van der Waals surface area contributed by atoms with Crippen LogP contribution in [0.3, 0.4) is 0 Å². The fourth-order valence-electron chi connectivity index (χ4n) is 2.62. The average molecular weight is 238 g/mol. The molecule has 0 radical (unpaired) electrons. The van der Waals surface area contributed by atoms with Gasteiger partial charge in [-0.25, -0.2) is 0 Å². The zero-order valence-corrected chi connectivity index (χ0v) is 10.9. The van der Waals surface area contributed by atoms with Gasteiger partial charge < -0.3 is 4.90 Å². The molecule has 1 aliphatic rings. The van der Waals surface area contributed by atoms with Gasteiger partial charge in [-0.2, -0.15) is 0 Å². The molecule has 0 N–H and O–H groups in total. The Balaban J connectivity index is 2.11. The molecule has 0 saturated carbocycles. The summed E-state index contributed by atoms with van der Waals surface area (Å²) < 4.78 is 0. The van der Waals surface area contributed by atoms with Crippen LogP contribution in [0.5, 0.6) is 0 Å². The molecule has 2 aromatic rings. The van der Waals surface area contributed by atoms with Crippen LogP contribution in [0.1, 0.15) is 11.1 Å². The van der Waals surface area contributed by atoms with Gasteiger partial charge in [-0.05, 0) is 37.4 Å². The smallest absolute Gasteiger partial charge is 0.0751 e. The maximum atomic E-state index is 2.40. The molecule has 1 aliphatic heterocycles. The molecule has 0 unspecified atom stereocenters. The normalized spacial score (nSPS) is 13.4. The van der Waals surface area contributed by atoms with Crippen LogP contribution in [-0.2, 0) is 6.42 Å². The van der Waals surface area contributed by atoms with E-state index >= 15 is 0 Å². The largest absolute Gasteiger partial charge is 0.327 e. The van der Waals surface area contributed by atoms with E-state index in [4.69, 9.17) is 0 Å². The van der Waals surface area contributed by atoms with Crippen LogP contribution in [-0.4, -0.2) is 25.7 Å². The predicted molar refractivity (Wildman–Crippen MR) is 76.4 cm³/mol. The highest BCUT2D eigenvalue weighted by Crippen LogP contribution is 2.37. The zero-order valence-electron chi connectivity index (χ0n) is 10.9. The van der Waals surface area contributed by atoms with E-state index in [1.165, 1.54) is 22.5 Å². The van der Waals surface area contributed by atoms with Crippen LogP contribution in [0.2, 0.25) is 0 Å². The van der Waals surface area contributed by atoms with Gasteiger partial charge in [0.05, 0.1) is 6.67 Å². The molecule has 0 atom stereocenters. The number of para-hydroxylation sites is 2. The minimum Gasteiger partial charge on any atom is -0.327 e. The second-order valence-corrected chi connectivity index (χ2v) is 5.08. The molecular formula is C16H18N2. The molecule has 0 aromatic heterocycles. The summed E-state index contributed by atoms with van der Waals surface area (Å²) in [5, 5.41) is 0. The predicted octanol–water partition coefficient (Wildman–Crippen LogP) is 3.25. The van der Waals surface area contributed by atoms with Crippen LogP contribution in [0.4, 0.5) is 11.4 Å². The van der Waals surface area contributed by atoms with Crippen molar-refractivity contribution in [1.82, 2.24) is 4.90 Å². The van der Waals surface area contributed by atoms with Gasteiger partial charge in [0.25, 0.3) is 0 Å². The maximum absolute atomic E-state index is 2.40. The Morgan fingerprint density at radius 2 is 1.39 bits per heavy atom. The molecule has 1 heterocycles. The summed E-state index contributed by atoms with van der Waals surface area (Å²) in [6.45, 7) is 0.911. The molecule has 0 amide bonds. The first kappa shape index (κ1) is 11.3. The van der Waals surface area contributed by atoms with Gasteiger partial charge >= 0.3 is 0 Å². The van der Waals surface area contributed by atoms with Gasteiger partial charge in [-0.1, -0.05) is 36.4 Å². The quantitative estimate of drug-likeness (QED) is 0.792. The Labute approximate surface area is 108 Å². The first-order valence-corrected chi connectivity index (χ1v) is 6.34. The number of benzene rings is 2. The average Bonchev–Trinajstić information content (AvgIpc) is 2.38. The highest BCUT2D eigenvalue weighted by Gasteiger charge is 2.21. The Morgan fingerprint density at radius 1 is 0.889 bits per heavy atom. The first-order chi connectivity index (χ1) is 8.75. The molecule has 2 aromatic carbocycles. The summed E-state index contributed by atoms with van der Waals surface area (Å²) in [4.78, 5) is 4.60. The fourth-order valence-corrected chi connectivity index (χ4v) is 2.62. The fraction of sp³-hybridized carbons (Fsp3) is 0.250. The number of rotatable bonds is 2. The summed E-state index contributed by atoms with van der Waals surface area (Å²) in [6, 6.07) is 17.4. The van der Waals surface area contributed by atoms with Crippen molar-refractivity contribution >= 4 is 11.4 Å². The molecule has 2 heteroatoms. The highest BCUT2D eigenvalue weighted by molar-refractivity contribution is 5.73. The standard InChI is InChI=1S/C16H18N2/c1-17(2)12-18-15-9-5-3-7-13(15)11-14-8-4-6-10-16(14)18/h3-10H,11-12H2,1-2H3. The molecule has 2 nitrogen and oxygen atoms in total. The van der Waals surface area contributed by atoms with Crippen molar-refractivity contribution in [3.8, 4) is 0 Å². The Bertz CT molecular complexity index is 515. The van der Waals surface area contributed by atoms with Crippen molar-refractivity contribution in [3.63, 3.8) is 0 Å². The van der Waals surface area contributed by atoms with Gasteiger partial charge in [0, 0.05) is 17.8 Å². The topological polar surface area (TPSA) is 6.48 Å². The monoisotopic (exact) mass is 238 g/mol. The van der Waals surface area contributed by atoms with Crippen LogP contribution in [0.25, 0.3) is 0 Å². The minimum atomic E-state index is 0.911. The van der Waals surface area contributed by atoms with Crippen molar-refractivity contribution in [3.05, 3.63) is 59.7 Å². The molecule has 0 bridgehead atoms. The van der Waals surface area contributed by atoms with Crippen molar-refractivity contribution in [2.45, 2.75) is 6.42 Å². The third-order valence-corrected chi connectivity index (χ3v) is 3.37. The number of hydrogen-bond acceptors (Lipinski definition) is 2. The maximum Gasteiger partial charge on any atom is 0.0751 e. The molecule has 0 saturated heterocycles. The van der Waals surface area contributed by atoms with Crippen molar-refractivity contribution in [1.29, 1.82) is 0 Å². The van der Waals surface area contributed by atoms with E-state index in [2.05, 4.69) is 72.4 Å². The number of fused-ring (bicyclic) bond motifs is 2. The van der Waals surface area contributed by atoms with Crippen molar-refractivity contribution < 1.29 is 0 Å². The van der Waals surface area contributed by atoms with Crippen molar-refractivity contribution in [2.24, 2.45) is 0 Å². The minimum absolute atomic E-state index is 0.911. The van der Waals surface area contributed by atoms with E-state index in [0.29, 0.717) is 0 Å². The second kappa shape index (κ2) is 4.46. The van der Waals surface area contributed by atoms with Crippen LogP contribution >= 0.6 is 0 Å². The summed E-state index contributed by atoms with van der Waals surface area (Å²) in [5.41, 5.74) is 5.51. The lowest BCUT2D eigenvalue weighted by Crippen LogP contribution is -2.32. The lowest BCUT2D eigenvalue weighted by molar-refractivity contribution is 0.417. The van der Waals surface area contributed by atoms with Gasteiger partial charge in [0.1, 0.15) is 0 Å². The third-order valence-electron chi connectivity index (χ3n) is 3.37. The first-order valence-electron chi connectivity index (χ1n) is 6.34. The van der Waals surface area contributed by atoms with E-state index in [9.17, 15) is 0 Å². The number of hydrogen-bond donors (Lipinski definition) is 0. The Kier molecular flexibility index (Phi) is 2.80. The van der Waals surface area contributed by atoms with Crippen molar-refractivity contribution in [2.75, 3.05) is 25.7 Å². The zero-order chi connectivity index (χ0) is 12.5. The van der Waals surface area contributed by atoms with E-state index in [1.807, 2.05) is 0 Å². The van der Waals surface area contributed by atoms with E-state index in [1.54, 1.807) is 0 Å². The van der Waals surface area contributed by atoms with Crippen LogP contribution in [0.15, 0.2) is 48.5 Å². The SMILES string of the molecule is CN(C)CN1c2ccccc2Cc2ccccc21. The molecule has 0 aliphatic carbocycles. The van der Waals surface area contributed by atoms with Crippen LogP contribution < -0.4 is 4.90 Å². The van der Waals surface area contributed by atoms with Gasteiger partial charge in [-0.3, -0.25) is 4.90 Å². The lowest BCUT2D eigenvalue weighted by Gasteiger charge is -2.35. The van der Waals surface area contributed by atoms with Gasteiger partial charge in [-0.15, -0.1) is 0 Å². The molecule has 0 fully saturated rings. The summed E-state index contributed by atoms with van der Waals surface area (Å²) >= 11 is 0. The summed E-state index contributed by atoms with van der Waals surface area (Å²) in [7, 11) is 4.22. The number of nitrogens with zero attached hydrogens (tertiary/aromatic N) is 2. The Morgan fingerprint density at radius 3 is 1.89 bits per heavy atom. The van der Waals surface area contributed by atoms with Gasteiger partial charge in [0.2, 0.25) is 0 Å². The molecule has 3 rings (SSSR count). The van der Waals surface area contributed by atoms with E-state index in [-0.39, 0.29) is 0 Å². The highest BCUT2D eigenvalue weighted by atomic mass is 15.3. The van der Waals surface area contributed by atoms with E-state index in [0.717, 1.165) is 13.1 Å². The summed E-state index contributed by atoms with van der Waals surface area (Å²) in [5.74, 6) is 0. The third kappa shape index (κ3) is 1.89.